The number of nitrogens with zero attached hydrogens (tertiary/aromatic N) is 3. The fraction of sp³-hybridized carbons (Fsp3) is 0.618. The Kier molecular flexibility index (Phi) is 13.5. The molecular weight excluding hydrogens is 558 g/mol. The number of amides is 2. The van der Waals surface area contributed by atoms with E-state index >= 15 is 0 Å². The van der Waals surface area contributed by atoms with Crippen molar-refractivity contribution in [1.82, 2.24) is 20.5 Å². The van der Waals surface area contributed by atoms with E-state index in [1.54, 1.807) is 11.3 Å². The van der Waals surface area contributed by atoms with E-state index < -0.39 is 11.5 Å². The fourth-order valence-corrected chi connectivity index (χ4v) is 5.77. The smallest absolute Gasteiger partial charge is 0.241 e. The van der Waals surface area contributed by atoms with Crippen LogP contribution in [-0.4, -0.2) is 53.7 Å². The molecule has 1 aromatic carbocycles. The zero-order valence-electron chi connectivity index (χ0n) is 27.5. The van der Waals surface area contributed by atoms with Crippen LogP contribution in [0.5, 0.6) is 0 Å². The molecule has 236 valence electrons. The Labute approximate surface area is 262 Å². The van der Waals surface area contributed by atoms with Crippen LogP contribution in [0.3, 0.4) is 0 Å². The van der Waals surface area contributed by atoms with Crippen LogP contribution in [0.15, 0.2) is 29.8 Å². The van der Waals surface area contributed by atoms with Crippen molar-refractivity contribution in [2.24, 2.45) is 16.7 Å². The third kappa shape index (κ3) is 9.97. The number of benzene rings is 1. The largest absolute Gasteiger partial charge is 0.348 e. The lowest BCUT2D eigenvalue weighted by Crippen LogP contribution is -2.47. The van der Waals surface area contributed by atoms with E-state index in [1.165, 1.54) is 16.0 Å². The first-order valence-corrected chi connectivity index (χ1v) is 16.4. The molecule has 2 heterocycles. The van der Waals surface area contributed by atoms with Crippen LogP contribution >= 0.6 is 11.3 Å². The minimum absolute atomic E-state index is 0.0174. The SMILES string of the molecule is CC.CC(C)(C)C(C=O)NC(=O)C1(C#N)CC1.Cc1ncsc1-c1ccc(C(CC(C)C)NC(=O)C2CCCN2C)cc1. The van der Waals surface area contributed by atoms with Crippen molar-refractivity contribution in [2.75, 3.05) is 13.6 Å². The summed E-state index contributed by atoms with van der Waals surface area (Å²) in [6.07, 6.45) is 4.94. The van der Waals surface area contributed by atoms with Crippen molar-refractivity contribution in [3.63, 3.8) is 0 Å². The molecule has 2 aliphatic rings. The highest BCUT2D eigenvalue weighted by molar-refractivity contribution is 7.13. The number of nitrogens with one attached hydrogen (secondary N) is 2. The van der Waals surface area contributed by atoms with Gasteiger partial charge in [0.15, 0.2) is 0 Å². The van der Waals surface area contributed by atoms with E-state index in [4.69, 9.17) is 5.26 Å². The molecule has 0 radical (unpaired) electrons. The summed E-state index contributed by atoms with van der Waals surface area (Å²) in [5.74, 6) is 0.375. The normalized spacial score (nSPS) is 18.6. The molecule has 1 aliphatic carbocycles. The van der Waals surface area contributed by atoms with Crippen LogP contribution in [0.1, 0.15) is 97.9 Å². The summed E-state index contributed by atoms with van der Waals surface area (Å²) in [5, 5.41) is 14.8. The molecular formula is C34H51N5O3S. The van der Waals surface area contributed by atoms with Gasteiger partial charge in [-0.3, -0.25) is 14.5 Å². The fourth-order valence-electron chi connectivity index (χ4n) is 4.95. The summed E-state index contributed by atoms with van der Waals surface area (Å²) in [4.78, 5) is 43.0. The number of aldehydes is 1. The van der Waals surface area contributed by atoms with Gasteiger partial charge in [-0.2, -0.15) is 5.26 Å². The predicted molar refractivity (Wildman–Crippen MR) is 174 cm³/mol. The van der Waals surface area contributed by atoms with Gasteiger partial charge in [-0.15, -0.1) is 11.3 Å². The zero-order chi connectivity index (χ0) is 32.4. The molecule has 2 N–H and O–H groups in total. The molecule has 2 fully saturated rings. The highest BCUT2D eigenvalue weighted by Gasteiger charge is 2.51. The first-order chi connectivity index (χ1) is 20.3. The summed E-state index contributed by atoms with van der Waals surface area (Å²) in [5.41, 5.74) is 4.16. The molecule has 1 aromatic heterocycles. The van der Waals surface area contributed by atoms with Crippen molar-refractivity contribution in [1.29, 1.82) is 5.26 Å². The van der Waals surface area contributed by atoms with Gasteiger partial charge in [0.2, 0.25) is 11.8 Å². The highest BCUT2D eigenvalue weighted by Crippen LogP contribution is 2.45. The topological polar surface area (TPSA) is 115 Å². The molecule has 3 unspecified atom stereocenters. The van der Waals surface area contributed by atoms with Crippen molar-refractivity contribution in [3.05, 3.63) is 41.0 Å². The molecule has 0 spiro atoms. The molecule has 8 nitrogen and oxygen atoms in total. The average Bonchev–Trinajstić information content (AvgIpc) is 3.48. The van der Waals surface area contributed by atoms with Crippen molar-refractivity contribution < 1.29 is 14.4 Å². The van der Waals surface area contributed by atoms with Crippen LogP contribution in [0, 0.1) is 35.0 Å². The molecule has 4 rings (SSSR count). The van der Waals surface area contributed by atoms with E-state index in [-0.39, 0.29) is 29.3 Å². The maximum atomic E-state index is 12.8. The minimum atomic E-state index is -0.855. The Hall–Kier alpha value is -3.09. The number of hydrogen-bond donors (Lipinski definition) is 2. The van der Waals surface area contributed by atoms with Crippen molar-refractivity contribution in [3.8, 4) is 16.5 Å². The molecule has 2 aromatic rings. The number of carbonyl (C=O) groups excluding carboxylic acids is 3. The third-order valence-corrected chi connectivity index (χ3v) is 8.90. The number of thiazole rings is 1. The molecule has 1 saturated carbocycles. The number of hydrogen-bond acceptors (Lipinski definition) is 7. The third-order valence-electron chi connectivity index (χ3n) is 7.92. The lowest BCUT2D eigenvalue weighted by molar-refractivity contribution is -0.128. The summed E-state index contributed by atoms with van der Waals surface area (Å²) >= 11 is 1.67. The van der Waals surface area contributed by atoms with Crippen molar-refractivity contribution >= 4 is 29.4 Å². The van der Waals surface area contributed by atoms with Gasteiger partial charge in [-0.25, -0.2) is 4.98 Å². The van der Waals surface area contributed by atoms with Crippen LogP contribution < -0.4 is 10.6 Å². The molecule has 43 heavy (non-hydrogen) atoms. The number of nitriles is 1. The second kappa shape index (κ2) is 16.1. The quantitative estimate of drug-likeness (QED) is 0.315. The minimum Gasteiger partial charge on any atom is -0.348 e. The molecule has 1 aliphatic heterocycles. The Bertz CT molecular complexity index is 1240. The van der Waals surface area contributed by atoms with Gasteiger partial charge in [-0.05, 0) is 75.1 Å². The van der Waals surface area contributed by atoms with Gasteiger partial charge in [0.25, 0.3) is 0 Å². The van der Waals surface area contributed by atoms with E-state index in [1.807, 2.05) is 60.2 Å². The summed E-state index contributed by atoms with van der Waals surface area (Å²) in [6.45, 7) is 17.1. The average molecular weight is 610 g/mol. The van der Waals surface area contributed by atoms with E-state index in [0.717, 1.165) is 37.8 Å². The van der Waals surface area contributed by atoms with Gasteiger partial charge in [0.05, 0.1) is 40.3 Å². The number of rotatable bonds is 9. The Balaban J connectivity index is 0.000000324. The number of aryl methyl sites for hydroxylation is 1. The maximum absolute atomic E-state index is 12.8. The van der Waals surface area contributed by atoms with Crippen LogP contribution in [0.2, 0.25) is 0 Å². The van der Waals surface area contributed by atoms with E-state index in [0.29, 0.717) is 18.8 Å². The van der Waals surface area contributed by atoms with Gasteiger partial charge >= 0.3 is 0 Å². The maximum Gasteiger partial charge on any atom is 0.241 e. The summed E-state index contributed by atoms with van der Waals surface area (Å²) in [6, 6.07) is 10.2. The number of carbonyl (C=O) groups is 3. The zero-order valence-corrected chi connectivity index (χ0v) is 28.3. The van der Waals surface area contributed by atoms with Gasteiger partial charge < -0.3 is 15.4 Å². The lowest BCUT2D eigenvalue weighted by Gasteiger charge is -2.27. The van der Waals surface area contributed by atoms with Gasteiger partial charge in [0, 0.05) is 0 Å². The highest BCUT2D eigenvalue weighted by atomic mass is 32.1. The van der Waals surface area contributed by atoms with Crippen LogP contribution in [0.25, 0.3) is 10.4 Å². The molecule has 9 heteroatoms. The Morgan fingerprint density at radius 2 is 1.81 bits per heavy atom. The first kappa shape index (κ1) is 36.1. The summed E-state index contributed by atoms with van der Waals surface area (Å²) in [7, 11) is 2.04. The number of likely N-dealkylation sites (tertiary alicyclic amines) is 1. The second-order valence-corrected chi connectivity index (χ2v) is 13.7. The molecule has 2 amide bonds. The van der Waals surface area contributed by atoms with E-state index in [2.05, 4.69) is 58.6 Å². The molecule has 1 saturated heterocycles. The number of likely N-dealkylation sites (N-methyl/N-ethyl adjacent to an activating group) is 1. The Morgan fingerprint density at radius 1 is 1.19 bits per heavy atom. The number of aromatic nitrogens is 1. The summed E-state index contributed by atoms with van der Waals surface area (Å²) < 4.78 is 0. The monoisotopic (exact) mass is 609 g/mol. The predicted octanol–water partition coefficient (Wildman–Crippen LogP) is 6.46. The first-order valence-electron chi connectivity index (χ1n) is 15.5. The van der Waals surface area contributed by atoms with Gasteiger partial charge in [-0.1, -0.05) is 72.7 Å². The second-order valence-electron chi connectivity index (χ2n) is 12.9. The lowest BCUT2D eigenvalue weighted by atomic mass is 9.87. The Morgan fingerprint density at radius 3 is 2.23 bits per heavy atom. The standard InChI is InChI=1S/C21H29N3OS.C11H16N2O2.C2H6/c1-14(2)12-18(23-21(25)19-6-5-11-24(19)4)16-7-9-17(10-8-16)20-15(3)22-13-26-20;1-10(2,3)8(6-14)13-9(15)11(7-12)4-5-11;1-2/h7-10,13-14,18-19H,5-6,11-12H2,1-4H3,(H,23,25);6,8H,4-5H2,1-3H3,(H,13,15);1-2H3. The van der Waals surface area contributed by atoms with Crippen LogP contribution in [-0.2, 0) is 14.4 Å². The van der Waals surface area contributed by atoms with Gasteiger partial charge in [0.1, 0.15) is 11.7 Å². The molecule has 0 bridgehead atoms. The van der Waals surface area contributed by atoms with Crippen molar-refractivity contribution in [2.45, 2.75) is 106 Å². The van der Waals surface area contributed by atoms with E-state index in [9.17, 15) is 14.4 Å². The van der Waals surface area contributed by atoms with Crippen LogP contribution in [0.4, 0.5) is 0 Å². The molecule has 3 atom stereocenters.